The molecule has 1 aromatic carbocycles. The fourth-order valence-electron chi connectivity index (χ4n) is 1.93. The van der Waals surface area contributed by atoms with Crippen LogP contribution in [0.15, 0.2) is 24.3 Å². The van der Waals surface area contributed by atoms with Gasteiger partial charge in [-0.15, -0.1) is 23.4 Å². The Labute approximate surface area is 126 Å². The van der Waals surface area contributed by atoms with E-state index in [4.69, 9.17) is 0 Å². The van der Waals surface area contributed by atoms with Gasteiger partial charge in [-0.05, 0) is 31.5 Å². The number of hydrogen-bond donors (Lipinski definition) is 1. The van der Waals surface area contributed by atoms with Gasteiger partial charge in [-0.1, -0.05) is 12.1 Å². The fraction of sp³-hybridized carbons (Fsp3) is 0.429. The van der Waals surface area contributed by atoms with Crippen molar-refractivity contribution in [2.45, 2.75) is 32.8 Å². The van der Waals surface area contributed by atoms with E-state index in [9.17, 15) is 13.2 Å². The number of halogens is 3. The van der Waals surface area contributed by atoms with Crippen molar-refractivity contribution in [3.05, 3.63) is 41.5 Å². The molecule has 0 unspecified atom stereocenters. The van der Waals surface area contributed by atoms with Gasteiger partial charge >= 0.3 is 6.36 Å². The fourth-order valence-corrected chi connectivity index (χ4v) is 1.93. The van der Waals surface area contributed by atoms with E-state index in [1.54, 1.807) is 12.1 Å². The second-order valence-electron chi connectivity index (χ2n) is 4.94. The van der Waals surface area contributed by atoms with Crippen LogP contribution in [0, 0.1) is 6.92 Å². The van der Waals surface area contributed by atoms with Gasteiger partial charge in [0.1, 0.15) is 17.4 Å². The van der Waals surface area contributed by atoms with Crippen LogP contribution >= 0.6 is 0 Å². The first kappa shape index (κ1) is 16.3. The van der Waals surface area contributed by atoms with Crippen LogP contribution in [0.5, 0.6) is 5.75 Å². The van der Waals surface area contributed by atoms with Crippen molar-refractivity contribution in [2.75, 3.05) is 0 Å². The van der Waals surface area contributed by atoms with Crippen LogP contribution in [0.1, 0.15) is 30.2 Å². The summed E-state index contributed by atoms with van der Waals surface area (Å²) in [5.41, 5.74) is 0.855. The average Bonchev–Trinajstić information content (AvgIpc) is 2.75. The summed E-state index contributed by atoms with van der Waals surface area (Å²) >= 11 is 0. The van der Waals surface area contributed by atoms with Crippen molar-refractivity contribution in [2.24, 2.45) is 7.05 Å². The van der Waals surface area contributed by atoms with Gasteiger partial charge < -0.3 is 14.6 Å². The first-order valence-corrected chi connectivity index (χ1v) is 6.70. The Morgan fingerprint density at radius 3 is 2.36 bits per heavy atom. The highest BCUT2D eigenvalue weighted by molar-refractivity contribution is 5.29. The predicted molar refractivity (Wildman–Crippen MR) is 74.1 cm³/mol. The number of alkyl halides is 3. The lowest BCUT2D eigenvalue weighted by Gasteiger charge is -2.15. The van der Waals surface area contributed by atoms with Gasteiger partial charge in [-0.3, -0.25) is 0 Å². The van der Waals surface area contributed by atoms with Crippen molar-refractivity contribution < 1.29 is 17.9 Å². The minimum Gasteiger partial charge on any atom is -0.406 e. The van der Waals surface area contributed by atoms with Gasteiger partial charge in [0.25, 0.3) is 0 Å². The lowest BCUT2D eigenvalue weighted by atomic mass is 10.1. The first-order valence-electron chi connectivity index (χ1n) is 6.70. The molecule has 0 fully saturated rings. The van der Waals surface area contributed by atoms with E-state index in [0.29, 0.717) is 6.54 Å². The van der Waals surface area contributed by atoms with Crippen molar-refractivity contribution in [1.82, 2.24) is 20.1 Å². The molecule has 2 rings (SSSR count). The molecular formula is C14H17F3N4O. The highest BCUT2D eigenvalue weighted by atomic mass is 19.4. The molecule has 0 radical (unpaired) electrons. The second kappa shape index (κ2) is 6.35. The number of benzene rings is 1. The zero-order valence-corrected chi connectivity index (χ0v) is 12.5. The number of nitrogens with one attached hydrogen (secondary N) is 1. The van der Waals surface area contributed by atoms with Gasteiger partial charge in [0, 0.05) is 13.1 Å². The number of hydrogen-bond acceptors (Lipinski definition) is 4. The molecule has 2 aromatic rings. The Bertz CT molecular complexity index is 622. The summed E-state index contributed by atoms with van der Waals surface area (Å²) in [4.78, 5) is 0. The molecule has 0 aliphatic rings. The second-order valence-corrected chi connectivity index (χ2v) is 4.94. The summed E-state index contributed by atoms with van der Waals surface area (Å²) < 4.78 is 42.0. The van der Waals surface area contributed by atoms with E-state index >= 15 is 0 Å². The molecule has 1 N–H and O–H groups in total. The summed E-state index contributed by atoms with van der Waals surface area (Å²) in [6.45, 7) is 4.29. The minimum atomic E-state index is -4.67. The highest BCUT2D eigenvalue weighted by Crippen LogP contribution is 2.24. The largest absolute Gasteiger partial charge is 0.573 e. The molecule has 0 aliphatic carbocycles. The van der Waals surface area contributed by atoms with E-state index in [2.05, 4.69) is 20.3 Å². The molecule has 22 heavy (non-hydrogen) atoms. The molecule has 0 spiro atoms. The number of aromatic nitrogens is 3. The molecule has 5 nitrogen and oxygen atoms in total. The van der Waals surface area contributed by atoms with E-state index < -0.39 is 6.36 Å². The van der Waals surface area contributed by atoms with E-state index in [-0.39, 0.29) is 11.8 Å². The Morgan fingerprint density at radius 2 is 1.86 bits per heavy atom. The van der Waals surface area contributed by atoms with E-state index in [1.165, 1.54) is 12.1 Å². The van der Waals surface area contributed by atoms with Crippen molar-refractivity contribution in [3.8, 4) is 5.75 Å². The topological polar surface area (TPSA) is 52.0 Å². The third-order valence-electron chi connectivity index (χ3n) is 3.36. The van der Waals surface area contributed by atoms with Crippen LogP contribution in [0.3, 0.4) is 0 Å². The van der Waals surface area contributed by atoms with E-state index in [0.717, 1.165) is 17.2 Å². The first-order chi connectivity index (χ1) is 10.3. The minimum absolute atomic E-state index is 0.0445. The van der Waals surface area contributed by atoms with Gasteiger partial charge in [-0.2, -0.15) is 0 Å². The summed E-state index contributed by atoms with van der Waals surface area (Å²) in [7, 11) is 1.88. The van der Waals surface area contributed by atoms with Crippen molar-refractivity contribution in [1.29, 1.82) is 0 Å². The number of nitrogens with zero attached hydrogens (tertiary/aromatic N) is 3. The van der Waals surface area contributed by atoms with Crippen molar-refractivity contribution >= 4 is 0 Å². The van der Waals surface area contributed by atoms with Crippen molar-refractivity contribution in [3.63, 3.8) is 0 Å². The van der Waals surface area contributed by atoms with Crippen LogP contribution in [0.2, 0.25) is 0 Å². The summed E-state index contributed by atoms with van der Waals surface area (Å²) in [5.74, 6) is 1.38. The van der Waals surface area contributed by atoms with Crippen LogP contribution < -0.4 is 10.1 Å². The molecule has 8 heteroatoms. The zero-order chi connectivity index (χ0) is 16.3. The zero-order valence-electron chi connectivity index (χ0n) is 12.5. The Morgan fingerprint density at radius 1 is 1.23 bits per heavy atom. The highest BCUT2D eigenvalue weighted by Gasteiger charge is 2.31. The average molecular weight is 314 g/mol. The molecule has 0 amide bonds. The maximum absolute atomic E-state index is 12.1. The Balaban J connectivity index is 1.95. The Hall–Kier alpha value is -2.09. The van der Waals surface area contributed by atoms with Crippen LogP contribution in [-0.4, -0.2) is 21.1 Å². The van der Waals surface area contributed by atoms with E-state index in [1.807, 2.05) is 25.5 Å². The number of rotatable bonds is 5. The standard InChI is InChI=1S/C14H17F3N4O/c1-9(18-8-13-20-19-10(2)21(13)3)11-4-6-12(7-5-11)22-14(15,16)17/h4-7,9,18H,8H2,1-3H3/t9-/m0/s1. The van der Waals surface area contributed by atoms with Crippen LogP contribution in [0.25, 0.3) is 0 Å². The van der Waals surface area contributed by atoms with Gasteiger partial charge in [-0.25, -0.2) is 0 Å². The molecule has 1 atom stereocenters. The molecular weight excluding hydrogens is 297 g/mol. The van der Waals surface area contributed by atoms with Crippen LogP contribution in [0.4, 0.5) is 13.2 Å². The Kier molecular flexibility index (Phi) is 4.70. The van der Waals surface area contributed by atoms with Gasteiger partial charge in [0.15, 0.2) is 0 Å². The number of ether oxygens (including phenoxy) is 1. The van der Waals surface area contributed by atoms with Gasteiger partial charge in [0.05, 0.1) is 6.54 Å². The maximum atomic E-state index is 12.1. The lowest BCUT2D eigenvalue weighted by Crippen LogP contribution is -2.20. The summed E-state index contributed by atoms with van der Waals surface area (Å²) in [6.07, 6.45) is -4.67. The molecule has 1 aromatic heterocycles. The molecule has 1 heterocycles. The molecule has 120 valence electrons. The number of aryl methyl sites for hydroxylation is 1. The monoisotopic (exact) mass is 314 g/mol. The summed E-state index contributed by atoms with van der Waals surface area (Å²) in [5, 5.41) is 11.3. The third kappa shape index (κ3) is 4.20. The van der Waals surface area contributed by atoms with Crippen LogP contribution in [-0.2, 0) is 13.6 Å². The molecule has 0 saturated heterocycles. The molecule has 0 saturated carbocycles. The van der Waals surface area contributed by atoms with Gasteiger partial charge in [0.2, 0.25) is 0 Å². The quantitative estimate of drug-likeness (QED) is 0.922. The third-order valence-corrected chi connectivity index (χ3v) is 3.36. The molecule has 0 bridgehead atoms. The SMILES string of the molecule is Cc1nnc(CN[C@@H](C)c2ccc(OC(F)(F)F)cc2)n1C. The molecule has 0 aliphatic heterocycles. The lowest BCUT2D eigenvalue weighted by molar-refractivity contribution is -0.274. The normalized spacial score (nSPS) is 13.2. The maximum Gasteiger partial charge on any atom is 0.573 e. The summed E-state index contributed by atoms with van der Waals surface area (Å²) in [6, 6.07) is 5.75. The smallest absolute Gasteiger partial charge is 0.406 e. The predicted octanol–water partition coefficient (Wildman–Crippen LogP) is 2.87.